The Morgan fingerprint density at radius 1 is 1.28 bits per heavy atom. The van der Waals surface area contributed by atoms with Crippen molar-refractivity contribution in [3.05, 3.63) is 39.7 Å². The molecule has 1 heterocycles. The van der Waals surface area contributed by atoms with Gasteiger partial charge in [-0.05, 0) is 38.0 Å². The van der Waals surface area contributed by atoms with Crippen LogP contribution in [0.3, 0.4) is 0 Å². The van der Waals surface area contributed by atoms with Gasteiger partial charge < -0.3 is 24.4 Å². The predicted molar refractivity (Wildman–Crippen MR) is 89.3 cm³/mol. The van der Waals surface area contributed by atoms with Crippen LogP contribution in [0.1, 0.15) is 30.9 Å². The van der Waals surface area contributed by atoms with Gasteiger partial charge in [-0.1, -0.05) is 13.3 Å². The molecule has 0 unspecified atom stereocenters. The molecule has 0 bridgehead atoms. The largest absolute Gasteiger partial charge is 0.548 e. The number of fused-ring (bicyclic) bond motifs is 1. The third-order valence-electron chi connectivity index (χ3n) is 4.00. The van der Waals surface area contributed by atoms with E-state index in [1.807, 2.05) is 13.8 Å². The van der Waals surface area contributed by atoms with E-state index < -0.39 is 23.5 Å². The van der Waals surface area contributed by atoms with Gasteiger partial charge in [0.25, 0.3) is 5.91 Å². The molecule has 1 aromatic heterocycles. The number of hydrogen-bond donors (Lipinski definition) is 1. The van der Waals surface area contributed by atoms with E-state index in [9.17, 15) is 19.5 Å². The number of amides is 1. The lowest BCUT2D eigenvalue weighted by atomic mass is 10.1. The Hall–Kier alpha value is -2.83. The van der Waals surface area contributed by atoms with Gasteiger partial charge in [-0.15, -0.1) is 0 Å². The fourth-order valence-corrected chi connectivity index (χ4v) is 2.44. The van der Waals surface area contributed by atoms with Crippen molar-refractivity contribution in [2.75, 3.05) is 6.61 Å². The number of ether oxygens (including phenoxy) is 1. The molecular formula is C18H20NO6-. The van der Waals surface area contributed by atoms with E-state index in [1.165, 1.54) is 6.07 Å². The molecule has 134 valence electrons. The summed E-state index contributed by atoms with van der Waals surface area (Å²) >= 11 is 0. The quantitative estimate of drug-likeness (QED) is 0.744. The average molecular weight is 346 g/mol. The van der Waals surface area contributed by atoms with Crippen LogP contribution < -0.4 is 20.8 Å². The topological polar surface area (TPSA) is 109 Å². The van der Waals surface area contributed by atoms with Gasteiger partial charge in [-0.3, -0.25) is 4.79 Å². The second-order valence-corrected chi connectivity index (χ2v) is 5.81. The van der Waals surface area contributed by atoms with Gasteiger partial charge in [-0.25, -0.2) is 4.79 Å². The highest BCUT2D eigenvalue weighted by Crippen LogP contribution is 2.23. The van der Waals surface area contributed by atoms with Gasteiger partial charge in [0, 0.05) is 17.0 Å². The van der Waals surface area contributed by atoms with Crippen molar-refractivity contribution in [2.24, 2.45) is 0 Å². The van der Waals surface area contributed by atoms with Crippen LogP contribution in [0, 0.1) is 13.8 Å². The van der Waals surface area contributed by atoms with Crippen LogP contribution in [0.4, 0.5) is 0 Å². The molecule has 7 heteroatoms. The van der Waals surface area contributed by atoms with Crippen LogP contribution in [-0.4, -0.2) is 24.5 Å². The van der Waals surface area contributed by atoms with E-state index >= 15 is 0 Å². The minimum atomic E-state index is -1.33. The monoisotopic (exact) mass is 346 g/mol. The van der Waals surface area contributed by atoms with Gasteiger partial charge in [0.15, 0.2) is 6.61 Å². The van der Waals surface area contributed by atoms with Crippen LogP contribution in [-0.2, 0) is 9.59 Å². The molecule has 2 aromatic rings. The molecule has 0 spiro atoms. The lowest BCUT2D eigenvalue weighted by Crippen LogP contribution is -2.49. The van der Waals surface area contributed by atoms with Gasteiger partial charge in [-0.2, -0.15) is 0 Å². The van der Waals surface area contributed by atoms with Crippen LogP contribution in [0.15, 0.2) is 27.4 Å². The minimum absolute atomic E-state index is 0.286. The first-order valence-corrected chi connectivity index (χ1v) is 8.00. The van der Waals surface area contributed by atoms with Crippen LogP contribution in [0.2, 0.25) is 0 Å². The van der Waals surface area contributed by atoms with Gasteiger partial charge >= 0.3 is 5.63 Å². The summed E-state index contributed by atoms with van der Waals surface area (Å²) in [5.74, 6) is -1.55. The van der Waals surface area contributed by atoms with Crippen LogP contribution >= 0.6 is 0 Å². The molecule has 0 aliphatic heterocycles. The highest BCUT2D eigenvalue weighted by molar-refractivity contribution is 5.84. The van der Waals surface area contributed by atoms with Gasteiger partial charge in [0.05, 0.1) is 12.0 Å². The molecule has 2 rings (SSSR count). The summed E-state index contributed by atoms with van der Waals surface area (Å²) in [6.07, 6.45) is 0.885. The SMILES string of the molecule is CCC[C@H](NC(=O)COc1ccc2c(C)c(C)c(=O)oc2c1)C(=O)[O-]. The van der Waals surface area contributed by atoms with Crippen molar-refractivity contribution < 1.29 is 23.8 Å². The van der Waals surface area contributed by atoms with E-state index in [0.717, 1.165) is 10.9 Å². The number of carbonyl (C=O) groups is 2. The molecule has 25 heavy (non-hydrogen) atoms. The first-order chi connectivity index (χ1) is 11.8. The predicted octanol–water partition coefficient (Wildman–Crippen LogP) is 0.823. The number of nitrogens with one attached hydrogen (secondary N) is 1. The first-order valence-electron chi connectivity index (χ1n) is 8.00. The van der Waals surface area contributed by atoms with Crippen LogP contribution in [0.25, 0.3) is 11.0 Å². The first kappa shape index (κ1) is 18.5. The summed E-state index contributed by atoms with van der Waals surface area (Å²) in [6, 6.07) is 3.89. The minimum Gasteiger partial charge on any atom is -0.548 e. The smallest absolute Gasteiger partial charge is 0.339 e. The Balaban J connectivity index is 2.08. The Morgan fingerprint density at radius 2 is 2.00 bits per heavy atom. The number of aryl methyl sites for hydroxylation is 1. The molecule has 0 radical (unpaired) electrons. The van der Waals surface area contributed by atoms with Crippen molar-refractivity contribution in [3.63, 3.8) is 0 Å². The van der Waals surface area contributed by atoms with Crippen molar-refractivity contribution in [1.29, 1.82) is 0 Å². The van der Waals surface area contributed by atoms with E-state index in [0.29, 0.717) is 23.3 Å². The molecule has 1 N–H and O–H groups in total. The molecule has 0 aliphatic carbocycles. The highest BCUT2D eigenvalue weighted by atomic mass is 16.5. The second kappa shape index (κ2) is 7.83. The second-order valence-electron chi connectivity index (χ2n) is 5.81. The summed E-state index contributed by atoms with van der Waals surface area (Å²) < 4.78 is 10.6. The fourth-order valence-electron chi connectivity index (χ4n) is 2.44. The molecule has 0 fully saturated rings. The molecule has 0 aliphatic rings. The maximum absolute atomic E-state index is 11.8. The normalized spacial score (nSPS) is 12.0. The Kier molecular flexibility index (Phi) is 5.80. The van der Waals surface area contributed by atoms with Crippen molar-refractivity contribution in [2.45, 2.75) is 39.7 Å². The van der Waals surface area contributed by atoms with Crippen molar-refractivity contribution in [3.8, 4) is 5.75 Å². The van der Waals surface area contributed by atoms with Crippen molar-refractivity contribution >= 4 is 22.8 Å². The molecular weight excluding hydrogens is 326 g/mol. The summed E-state index contributed by atoms with van der Waals surface area (Å²) in [4.78, 5) is 34.5. The lowest BCUT2D eigenvalue weighted by Gasteiger charge is -2.19. The molecule has 1 atom stereocenters. The number of carboxylic acids is 1. The van der Waals surface area contributed by atoms with E-state index in [4.69, 9.17) is 9.15 Å². The molecule has 1 amide bonds. The fraction of sp³-hybridized carbons (Fsp3) is 0.389. The maximum Gasteiger partial charge on any atom is 0.339 e. The maximum atomic E-state index is 11.8. The van der Waals surface area contributed by atoms with Crippen LogP contribution in [0.5, 0.6) is 5.75 Å². The zero-order valence-electron chi connectivity index (χ0n) is 14.4. The van der Waals surface area contributed by atoms with E-state index in [1.54, 1.807) is 19.1 Å². The van der Waals surface area contributed by atoms with Crippen molar-refractivity contribution in [1.82, 2.24) is 5.32 Å². The Labute approximate surface area is 144 Å². The Bertz CT molecular complexity index is 855. The summed E-state index contributed by atoms with van der Waals surface area (Å²) in [6.45, 7) is 4.98. The number of carboxylic acid groups (broad SMARTS) is 1. The number of rotatable bonds is 7. The van der Waals surface area contributed by atoms with Gasteiger partial charge in [0.2, 0.25) is 0 Å². The van der Waals surface area contributed by atoms with E-state index in [-0.39, 0.29) is 13.0 Å². The standard InChI is InChI=1S/C18H21NO6/c1-4-5-14(17(21)22)19-16(20)9-24-12-6-7-13-10(2)11(3)18(23)25-15(13)8-12/h6-8,14H,4-5,9H2,1-3H3,(H,19,20)(H,21,22)/p-1/t14-/m0/s1. The average Bonchev–Trinajstić information content (AvgIpc) is 2.57. The molecule has 0 saturated heterocycles. The zero-order valence-corrected chi connectivity index (χ0v) is 14.4. The zero-order chi connectivity index (χ0) is 18.6. The molecule has 0 saturated carbocycles. The third-order valence-corrected chi connectivity index (χ3v) is 4.00. The summed E-state index contributed by atoms with van der Waals surface area (Å²) in [5.41, 5.74) is 1.32. The summed E-state index contributed by atoms with van der Waals surface area (Å²) in [5, 5.41) is 14.1. The summed E-state index contributed by atoms with van der Waals surface area (Å²) in [7, 11) is 0. The van der Waals surface area contributed by atoms with E-state index in [2.05, 4.69) is 5.32 Å². The lowest BCUT2D eigenvalue weighted by molar-refractivity contribution is -0.308. The Morgan fingerprint density at radius 3 is 2.64 bits per heavy atom. The molecule has 1 aromatic carbocycles. The number of hydrogen-bond acceptors (Lipinski definition) is 6. The highest BCUT2D eigenvalue weighted by Gasteiger charge is 2.13. The number of benzene rings is 1. The van der Waals surface area contributed by atoms with Gasteiger partial charge in [0.1, 0.15) is 11.3 Å². The molecule has 7 nitrogen and oxygen atoms in total. The number of carbonyl (C=O) groups excluding carboxylic acids is 2. The third kappa shape index (κ3) is 4.37. The number of aliphatic carboxylic acids is 1.